The van der Waals surface area contributed by atoms with Gasteiger partial charge < -0.3 is 5.32 Å². The highest BCUT2D eigenvalue weighted by atomic mass is 32.1. The first-order valence-corrected chi connectivity index (χ1v) is 6.53. The van der Waals surface area contributed by atoms with Crippen LogP contribution >= 0.6 is 11.3 Å². The van der Waals surface area contributed by atoms with Crippen molar-refractivity contribution in [2.75, 3.05) is 0 Å². The number of aromatic nitrogens is 3. The maximum absolute atomic E-state index is 4.39. The van der Waals surface area contributed by atoms with Crippen LogP contribution in [-0.2, 0) is 13.6 Å². The highest BCUT2D eigenvalue weighted by Crippen LogP contribution is 2.19. The van der Waals surface area contributed by atoms with Gasteiger partial charge in [-0.25, -0.2) is 4.98 Å². The lowest BCUT2D eigenvalue weighted by Gasteiger charge is -2.10. The zero-order valence-electron chi connectivity index (χ0n) is 10.7. The fourth-order valence-corrected chi connectivity index (χ4v) is 2.55. The fourth-order valence-electron chi connectivity index (χ4n) is 1.75. The molecule has 2 rings (SSSR count). The molecule has 2 aromatic heterocycles. The molecule has 0 aromatic carbocycles. The van der Waals surface area contributed by atoms with Crippen molar-refractivity contribution in [1.29, 1.82) is 0 Å². The Morgan fingerprint density at radius 1 is 1.47 bits per heavy atom. The van der Waals surface area contributed by atoms with Crippen LogP contribution in [0.1, 0.15) is 34.2 Å². The summed E-state index contributed by atoms with van der Waals surface area (Å²) in [7, 11) is 1.97. The number of rotatable bonds is 4. The van der Waals surface area contributed by atoms with E-state index in [0.717, 1.165) is 17.2 Å². The zero-order valence-corrected chi connectivity index (χ0v) is 11.5. The van der Waals surface area contributed by atoms with Crippen molar-refractivity contribution < 1.29 is 0 Å². The van der Waals surface area contributed by atoms with Gasteiger partial charge in [-0.2, -0.15) is 5.10 Å². The second-order valence-corrected chi connectivity index (χ2v) is 5.58. The number of thiazole rings is 1. The number of hydrogen-bond donors (Lipinski definition) is 1. The van der Waals surface area contributed by atoms with Gasteiger partial charge in [0.05, 0.1) is 17.4 Å². The van der Waals surface area contributed by atoms with Gasteiger partial charge in [0.2, 0.25) is 0 Å². The van der Waals surface area contributed by atoms with Crippen LogP contribution in [0.2, 0.25) is 0 Å². The molecule has 2 aromatic rings. The molecule has 0 fully saturated rings. The zero-order chi connectivity index (χ0) is 12.4. The normalized spacial score (nSPS) is 12.9. The minimum absolute atomic E-state index is 0.281. The van der Waals surface area contributed by atoms with Crippen LogP contribution in [0, 0.1) is 13.8 Å². The molecule has 5 heteroatoms. The first kappa shape index (κ1) is 12.3. The number of nitrogens with zero attached hydrogens (tertiary/aromatic N) is 3. The van der Waals surface area contributed by atoms with Gasteiger partial charge in [-0.3, -0.25) is 4.68 Å². The first-order chi connectivity index (χ1) is 8.06. The smallest absolute Gasteiger partial charge is 0.109 e. The molecule has 92 valence electrons. The van der Waals surface area contributed by atoms with Gasteiger partial charge in [-0.1, -0.05) is 0 Å². The molecule has 1 atom stereocenters. The molecule has 0 aliphatic heterocycles. The SMILES string of the molecule is Cc1cc(CNC(C)c2ncc(C)s2)n(C)n1. The standard InChI is InChI=1S/C12H18N4S/c1-8-5-11(16(4)15-8)7-13-10(3)12-14-6-9(2)17-12/h5-6,10,13H,7H2,1-4H3. The van der Waals surface area contributed by atoms with Crippen LogP contribution in [0.25, 0.3) is 0 Å². The van der Waals surface area contributed by atoms with Gasteiger partial charge in [0.25, 0.3) is 0 Å². The molecule has 0 saturated carbocycles. The van der Waals surface area contributed by atoms with Crippen molar-refractivity contribution >= 4 is 11.3 Å². The van der Waals surface area contributed by atoms with E-state index in [1.54, 1.807) is 11.3 Å². The van der Waals surface area contributed by atoms with Crippen molar-refractivity contribution in [3.8, 4) is 0 Å². The third kappa shape index (κ3) is 2.92. The molecule has 1 unspecified atom stereocenters. The number of hydrogen-bond acceptors (Lipinski definition) is 4. The summed E-state index contributed by atoms with van der Waals surface area (Å²) in [6, 6.07) is 2.39. The van der Waals surface area contributed by atoms with Crippen molar-refractivity contribution in [3.05, 3.63) is 33.5 Å². The Hall–Kier alpha value is -1.20. The molecule has 1 N–H and O–H groups in total. The summed E-state index contributed by atoms with van der Waals surface area (Å²) in [6.07, 6.45) is 1.92. The molecular weight excluding hydrogens is 232 g/mol. The lowest BCUT2D eigenvalue weighted by molar-refractivity contribution is 0.546. The van der Waals surface area contributed by atoms with Crippen molar-refractivity contribution in [3.63, 3.8) is 0 Å². The number of aryl methyl sites for hydroxylation is 3. The molecule has 0 radical (unpaired) electrons. The molecule has 4 nitrogen and oxygen atoms in total. The minimum Gasteiger partial charge on any atom is -0.302 e. The largest absolute Gasteiger partial charge is 0.302 e. The van der Waals surface area contributed by atoms with Crippen LogP contribution in [-0.4, -0.2) is 14.8 Å². The van der Waals surface area contributed by atoms with Gasteiger partial charge in [-0.05, 0) is 26.8 Å². The van der Waals surface area contributed by atoms with E-state index in [4.69, 9.17) is 0 Å². The highest BCUT2D eigenvalue weighted by molar-refractivity contribution is 7.11. The Labute approximate surface area is 106 Å². The monoisotopic (exact) mass is 250 g/mol. The third-order valence-electron chi connectivity index (χ3n) is 2.70. The van der Waals surface area contributed by atoms with Crippen LogP contribution in [0.5, 0.6) is 0 Å². The summed E-state index contributed by atoms with van der Waals surface area (Å²) in [5, 5.41) is 8.94. The molecule has 2 heterocycles. The Morgan fingerprint density at radius 2 is 2.24 bits per heavy atom. The first-order valence-electron chi connectivity index (χ1n) is 5.71. The fraction of sp³-hybridized carbons (Fsp3) is 0.500. The predicted octanol–water partition coefficient (Wildman–Crippen LogP) is 2.34. The van der Waals surface area contributed by atoms with E-state index in [-0.39, 0.29) is 6.04 Å². The lowest BCUT2D eigenvalue weighted by atomic mass is 10.3. The van der Waals surface area contributed by atoms with Gasteiger partial charge in [0, 0.05) is 24.7 Å². The van der Waals surface area contributed by atoms with E-state index >= 15 is 0 Å². The summed E-state index contributed by atoms with van der Waals surface area (Å²) >= 11 is 1.74. The van der Waals surface area contributed by atoms with Gasteiger partial charge in [0.15, 0.2) is 0 Å². The summed E-state index contributed by atoms with van der Waals surface area (Å²) in [5.74, 6) is 0. The highest BCUT2D eigenvalue weighted by Gasteiger charge is 2.10. The maximum atomic E-state index is 4.39. The quantitative estimate of drug-likeness (QED) is 0.905. The van der Waals surface area contributed by atoms with Crippen molar-refractivity contribution in [1.82, 2.24) is 20.1 Å². The van der Waals surface area contributed by atoms with E-state index in [9.17, 15) is 0 Å². The predicted molar refractivity (Wildman–Crippen MR) is 70.1 cm³/mol. The van der Waals surface area contributed by atoms with E-state index < -0.39 is 0 Å². The lowest BCUT2D eigenvalue weighted by Crippen LogP contribution is -2.19. The minimum atomic E-state index is 0.281. The van der Waals surface area contributed by atoms with E-state index in [2.05, 4.69) is 35.3 Å². The topological polar surface area (TPSA) is 42.7 Å². The molecule has 0 bridgehead atoms. The molecule has 0 spiro atoms. The van der Waals surface area contributed by atoms with Crippen LogP contribution in [0.4, 0.5) is 0 Å². The van der Waals surface area contributed by atoms with E-state index in [0.29, 0.717) is 0 Å². The Kier molecular flexibility index (Phi) is 3.59. The second-order valence-electron chi connectivity index (χ2n) is 4.31. The Morgan fingerprint density at radius 3 is 2.76 bits per heavy atom. The van der Waals surface area contributed by atoms with Gasteiger partial charge >= 0.3 is 0 Å². The maximum Gasteiger partial charge on any atom is 0.109 e. The van der Waals surface area contributed by atoms with Crippen LogP contribution in [0.15, 0.2) is 12.3 Å². The summed E-state index contributed by atoms with van der Waals surface area (Å²) < 4.78 is 1.92. The summed E-state index contributed by atoms with van der Waals surface area (Å²) in [4.78, 5) is 5.64. The summed E-state index contributed by atoms with van der Waals surface area (Å²) in [6.45, 7) is 7.05. The van der Waals surface area contributed by atoms with Crippen molar-refractivity contribution in [2.45, 2.75) is 33.4 Å². The average molecular weight is 250 g/mol. The van der Waals surface area contributed by atoms with Crippen LogP contribution < -0.4 is 5.32 Å². The molecule has 0 aliphatic carbocycles. The van der Waals surface area contributed by atoms with Crippen LogP contribution in [0.3, 0.4) is 0 Å². The molecule has 17 heavy (non-hydrogen) atoms. The molecule has 0 saturated heterocycles. The Bertz CT molecular complexity index is 500. The van der Waals surface area contributed by atoms with Gasteiger partial charge in [0.1, 0.15) is 5.01 Å². The van der Waals surface area contributed by atoms with E-state index in [1.807, 2.05) is 24.9 Å². The number of nitrogens with one attached hydrogen (secondary N) is 1. The third-order valence-corrected chi connectivity index (χ3v) is 3.79. The van der Waals surface area contributed by atoms with E-state index in [1.165, 1.54) is 10.6 Å². The molecular formula is C12H18N4S. The average Bonchev–Trinajstić information content (AvgIpc) is 2.82. The molecule has 0 amide bonds. The van der Waals surface area contributed by atoms with Crippen molar-refractivity contribution in [2.24, 2.45) is 7.05 Å². The Balaban J connectivity index is 1.96. The molecule has 0 aliphatic rings. The second kappa shape index (κ2) is 4.98. The van der Waals surface area contributed by atoms with Gasteiger partial charge in [-0.15, -0.1) is 11.3 Å². The summed E-state index contributed by atoms with van der Waals surface area (Å²) in [5.41, 5.74) is 2.25.